The van der Waals surface area contributed by atoms with Gasteiger partial charge in [-0.25, -0.2) is 0 Å². The van der Waals surface area contributed by atoms with Crippen molar-refractivity contribution in [3.63, 3.8) is 0 Å². The number of nitrogens with one attached hydrogen (secondary N) is 1. The first-order chi connectivity index (χ1) is 9.23. The number of ether oxygens (including phenoxy) is 2. The van der Waals surface area contributed by atoms with Crippen molar-refractivity contribution in [2.24, 2.45) is 0 Å². The van der Waals surface area contributed by atoms with Crippen molar-refractivity contribution in [2.75, 3.05) is 13.1 Å². The van der Waals surface area contributed by atoms with Crippen molar-refractivity contribution in [3.8, 4) is 11.5 Å². The minimum absolute atomic E-state index is 0.0770. The van der Waals surface area contributed by atoms with Gasteiger partial charge < -0.3 is 14.8 Å². The molecule has 3 nitrogen and oxygen atoms in total. The van der Waals surface area contributed by atoms with Gasteiger partial charge in [0.2, 0.25) is 0 Å². The van der Waals surface area contributed by atoms with E-state index in [4.69, 9.17) is 4.74 Å². The Morgan fingerprint density at radius 2 is 1.60 bits per heavy atom. The van der Waals surface area contributed by atoms with E-state index in [9.17, 15) is 13.2 Å². The van der Waals surface area contributed by atoms with Crippen molar-refractivity contribution >= 4 is 0 Å². The first-order valence-electron chi connectivity index (χ1n) is 6.48. The van der Waals surface area contributed by atoms with E-state index in [0.717, 1.165) is 13.0 Å². The fourth-order valence-electron chi connectivity index (χ4n) is 1.64. The maximum absolute atomic E-state index is 12.3. The average Bonchev–Trinajstić information content (AvgIpc) is 2.30. The molecule has 0 fully saturated rings. The van der Waals surface area contributed by atoms with Gasteiger partial charge >= 0.3 is 6.36 Å². The standard InChI is InChI=1S/C14H20F3NO2/c1-4-9-18-10-13(2,3)19-11-7-5-6-8-12(11)20-14(15,16)17/h5-8,18H,4,9-10H2,1-3H3. The molecule has 0 aliphatic heterocycles. The van der Waals surface area contributed by atoms with E-state index in [1.165, 1.54) is 18.2 Å². The Labute approximate surface area is 117 Å². The molecule has 1 aromatic rings. The Hall–Kier alpha value is -1.43. The minimum Gasteiger partial charge on any atom is -0.483 e. The third-order valence-corrected chi connectivity index (χ3v) is 2.44. The lowest BCUT2D eigenvalue weighted by molar-refractivity contribution is -0.275. The lowest BCUT2D eigenvalue weighted by atomic mass is 10.1. The van der Waals surface area contributed by atoms with Gasteiger partial charge in [-0.2, -0.15) is 0 Å². The third-order valence-electron chi connectivity index (χ3n) is 2.44. The van der Waals surface area contributed by atoms with Crippen LogP contribution >= 0.6 is 0 Å². The molecule has 1 rings (SSSR count). The summed E-state index contributed by atoms with van der Waals surface area (Å²) in [6, 6.07) is 5.77. The summed E-state index contributed by atoms with van der Waals surface area (Å²) in [5.41, 5.74) is -0.639. The highest BCUT2D eigenvalue weighted by Gasteiger charge is 2.33. The Morgan fingerprint density at radius 1 is 1.05 bits per heavy atom. The zero-order valence-corrected chi connectivity index (χ0v) is 11.9. The molecule has 0 saturated heterocycles. The Balaban J connectivity index is 2.76. The quantitative estimate of drug-likeness (QED) is 0.776. The number of halogens is 3. The number of alkyl halides is 3. The summed E-state index contributed by atoms with van der Waals surface area (Å²) >= 11 is 0. The second-order valence-corrected chi connectivity index (χ2v) is 5.03. The summed E-state index contributed by atoms with van der Waals surface area (Å²) in [6.45, 7) is 7.00. The summed E-state index contributed by atoms with van der Waals surface area (Å²) in [4.78, 5) is 0. The first kappa shape index (κ1) is 16.6. The zero-order chi connectivity index (χ0) is 15.2. The normalized spacial score (nSPS) is 12.3. The van der Waals surface area contributed by atoms with Crippen molar-refractivity contribution in [2.45, 2.75) is 39.2 Å². The lowest BCUT2D eigenvalue weighted by Gasteiger charge is -2.28. The van der Waals surface area contributed by atoms with Crippen molar-refractivity contribution in [1.82, 2.24) is 5.32 Å². The summed E-state index contributed by atoms with van der Waals surface area (Å²) in [5, 5.41) is 3.18. The fraction of sp³-hybridized carbons (Fsp3) is 0.571. The molecule has 1 aromatic carbocycles. The van der Waals surface area contributed by atoms with E-state index in [1.807, 2.05) is 6.92 Å². The van der Waals surface area contributed by atoms with Gasteiger partial charge in [0.05, 0.1) is 0 Å². The van der Waals surface area contributed by atoms with Crippen LogP contribution in [0.1, 0.15) is 27.2 Å². The molecule has 0 heterocycles. The molecule has 20 heavy (non-hydrogen) atoms. The van der Waals surface area contributed by atoms with Crippen LogP contribution in [-0.4, -0.2) is 25.1 Å². The van der Waals surface area contributed by atoms with E-state index >= 15 is 0 Å². The number of rotatable bonds is 7. The van der Waals surface area contributed by atoms with Gasteiger partial charge in [-0.15, -0.1) is 13.2 Å². The van der Waals surface area contributed by atoms with Gasteiger partial charge in [0.15, 0.2) is 11.5 Å². The summed E-state index contributed by atoms with van der Waals surface area (Å²) < 4.78 is 46.5. The highest BCUT2D eigenvalue weighted by molar-refractivity contribution is 5.40. The van der Waals surface area contributed by atoms with Crippen LogP contribution in [0.5, 0.6) is 11.5 Å². The molecule has 0 aliphatic rings. The molecule has 114 valence electrons. The van der Waals surface area contributed by atoms with Crippen LogP contribution < -0.4 is 14.8 Å². The van der Waals surface area contributed by atoms with Crippen LogP contribution in [0, 0.1) is 0 Å². The molecule has 1 N–H and O–H groups in total. The molecule has 0 bridgehead atoms. The monoisotopic (exact) mass is 291 g/mol. The molecule has 0 saturated carbocycles. The van der Waals surface area contributed by atoms with Crippen molar-refractivity contribution < 1.29 is 22.6 Å². The Kier molecular flexibility index (Phi) is 5.68. The van der Waals surface area contributed by atoms with Crippen molar-refractivity contribution in [3.05, 3.63) is 24.3 Å². The zero-order valence-electron chi connectivity index (χ0n) is 11.9. The van der Waals surface area contributed by atoms with Crippen LogP contribution in [0.25, 0.3) is 0 Å². The highest BCUT2D eigenvalue weighted by atomic mass is 19.4. The third kappa shape index (κ3) is 6.14. The number of hydrogen-bond acceptors (Lipinski definition) is 3. The molecule has 0 aromatic heterocycles. The highest BCUT2D eigenvalue weighted by Crippen LogP contribution is 2.33. The molecule has 0 unspecified atom stereocenters. The molecule has 0 atom stereocenters. The van der Waals surface area contributed by atoms with Gasteiger partial charge in [0.25, 0.3) is 0 Å². The van der Waals surface area contributed by atoms with Crippen LogP contribution in [0.15, 0.2) is 24.3 Å². The van der Waals surface area contributed by atoms with Crippen molar-refractivity contribution in [1.29, 1.82) is 0 Å². The second kappa shape index (κ2) is 6.83. The van der Waals surface area contributed by atoms with E-state index in [-0.39, 0.29) is 11.5 Å². The van der Waals surface area contributed by atoms with Gasteiger partial charge in [-0.1, -0.05) is 19.1 Å². The maximum Gasteiger partial charge on any atom is 0.573 e. The van der Waals surface area contributed by atoms with E-state index in [0.29, 0.717) is 6.54 Å². The van der Waals surface area contributed by atoms with Gasteiger partial charge in [0, 0.05) is 6.54 Å². The molecule has 0 radical (unpaired) electrons. The molecular weight excluding hydrogens is 271 g/mol. The van der Waals surface area contributed by atoms with Crippen LogP contribution in [0.4, 0.5) is 13.2 Å². The predicted molar refractivity (Wildman–Crippen MR) is 71.0 cm³/mol. The molecule has 0 spiro atoms. The maximum atomic E-state index is 12.3. The van der Waals surface area contributed by atoms with Gasteiger partial charge in [0.1, 0.15) is 5.60 Å². The smallest absolute Gasteiger partial charge is 0.483 e. The fourth-order valence-corrected chi connectivity index (χ4v) is 1.64. The summed E-state index contributed by atoms with van der Waals surface area (Å²) in [6.07, 6.45) is -3.76. The minimum atomic E-state index is -4.73. The van der Waals surface area contributed by atoms with Crippen LogP contribution in [-0.2, 0) is 0 Å². The van der Waals surface area contributed by atoms with E-state index in [1.54, 1.807) is 19.9 Å². The largest absolute Gasteiger partial charge is 0.573 e. The molecule has 0 amide bonds. The van der Waals surface area contributed by atoms with Gasteiger partial charge in [-0.3, -0.25) is 0 Å². The summed E-state index contributed by atoms with van der Waals surface area (Å²) in [7, 11) is 0. The van der Waals surface area contributed by atoms with E-state index in [2.05, 4.69) is 10.1 Å². The predicted octanol–water partition coefficient (Wildman–Crippen LogP) is 3.74. The summed E-state index contributed by atoms with van der Waals surface area (Å²) in [5.74, 6) is -0.253. The molecule has 6 heteroatoms. The van der Waals surface area contributed by atoms with Crippen LogP contribution in [0.3, 0.4) is 0 Å². The van der Waals surface area contributed by atoms with Crippen LogP contribution in [0.2, 0.25) is 0 Å². The molecular formula is C14H20F3NO2. The lowest BCUT2D eigenvalue weighted by Crippen LogP contribution is -2.40. The Bertz CT molecular complexity index is 419. The number of hydrogen-bond donors (Lipinski definition) is 1. The first-order valence-corrected chi connectivity index (χ1v) is 6.48. The SMILES string of the molecule is CCCNCC(C)(C)Oc1ccccc1OC(F)(F)F. The average molecular weight is 291 g/mol. The topological polar surface area (TPSA) is 30.5 Å². The van der Waals surface area contributed by atoms with Gasteiger partial charge in [-0.05, 0) is 38.9 Å². The number of benzene rings is 1. The second-order valence-electron chi connectivity index (χ2n) is 5.03. The van der Waals surface area contributed by atoms with E-state index < -0.39 is 12.0 Å². The Morgan fingerprint density at radius 3 is 2.10 bits per heavy atom. The molecule has 0 aliphatic carbocycles. The number of para-hydroxylation sites is 2.